The number of esters is 1. The van der Waals surface area contributed by atoms with Crippen molar-refractivity contribution in [1.29, 1.82) is 0 Å². The van der Waals surface area contributed by atoms with E-state index in [1.54, 1.807) is 42.5 Å². The number of amides is 1. The summed E-state index contributed by atoms with van der Waals surface area (Å²) < 4.78 is 4.92. The van der Waals surface area contributed by atoms with Gasteiger partial charge in [0.15, 0.2) is 6.61 Å². The second-order valence-corrected chi connectivity index (χ2v) is 5.85. The molecule has 0 radical (unpaired) electrons. The highest BCUT2D eigenvalue weighted by atomic mass is 35.5. The summed E-state index contributed by atoms with van der Waals surface area (Å²) in [6.07, 6.45) is -0.108. The van der Waals surface area contributed by atoms with Crippen molar-refractivity contribution in [2.45, 2.75) is 6.42 Å². The molecule has 0 saturated heterocycles. The first-order chi connectivity index (χ1) is 11.0. The van der Waals surface area contributed by atoms with Crippen LogP contribution in [0.25, 0.3) is 0 Å². The Hall–Kier alpha value is -1.75. The molecule has 120 valence electrons. The number of benzene rings is 2. The van der Waals surface area contributed by atoms with Crippen molar-refractivity contribution < 1.29 is 14.3 Å². The molecule has 1 amide bonds. The lowest BCUT2D eigenvalue weighted by Crippen LogP contribution is -2.21. The number of halogens is 3. The van der Waals surface area contributed by atoms with Gasteiger partial charge in [-0.3, -0.25) is 9.59 Å². The molecule has 0 bridgehead atoms. The van der Waals surface area contributed by atoms with Crippen LogP contribution in [0.4, 0.5) is 5.69 Å². The van der Waals surface area contributed by atoms with Gasteiger partial charge in [-0.25, -0.2) is 0 Å². The van der Waals surface area contributed by atoms with Gasteiger partial charge in [0.05, 0.1) is 6.42 Å². The average molecular weight is 373 g/mol. The molecule has 0 aliphatic carbocycles. The summed E-state index contributed by atoms with van der Waals surface area (Å²) in [5.41, 5.74) is 0.990. The largest absolute Gasteiger partial charge is 0.455 e. The summed E-state index contributed by atoms with van der Waals surface area (Å²) >= 11 is 17.8. The van der Waals surface area contributed by atoms with Gasteiger partial charge in [-0.05, 0) is 30.3 Å². The lowest BCUT2D eigenvalue weighted by molar-refractivity contribution is -0.146. The standard InChI is InChI=1S/C16H12Cl3NO3/c17-10-3-1-4-11(7-10)20-15(21)9-23-16(22)8-12-13(18)5-2-6-14(12)19/h1-7H,8-9H2,(H,20,21). The van der Waals surface area contributed by atoms with E-state index in [1.165, 1.54) is 0 Å². The highest BCUT2D eigenvalue weighted by Gasteiger charge is 2.13. The highest BCUT2D eigenvalue weighted by Crippen LogP contribution is 2.24. The van der Waals surface area contributed by atoms with Crippen LogP contribution in [-0.4, -0.2) is 18.5 Å². The third-order valence-electron chi connectivity index (χ3n) is 2.86. The predicted octanol–water partition coefficient (Wildman–Crippen LogP) is 4.37. The molecule has 7 heteroatoms. The number of anilines is 1. The van der Waals surface area contributed by atoms with Crippen LogP contribution in [0.1, 0.15) is 5.56 Å². The van der Waals surface area contributed by atoms with Crippen LogP contribution in [-0.2, 0) is 20.7 Å². The molecule has 0 fully saturated rings. The van der Waals surface area contributed by atoms with Gasteiger partial charge in [0.25, 0.3) is 5.91 Å². The predicted molar refractivity (Wildman–Crippen MR) is 91.2 cm³/mol. The van der Waals surface area contributed by atoms with E-state index in [0.717, 1.165) is 0 Å². The molecule has 2 rings (SSSR count). The van der Waals surface area contributed by atoms with Gasteiger partial charge in [0, 0.05) is 26.3 Å². The first-order valence-electron chi connectivity index (χ1n) is 6.59. The Morgan fingerprint density at radius 1 is 1.00 bits per heavy atom. The Kier molecular flexibility index (Phi) is 6.28. The highest BCUT2D eigenvalue weighted by molar-refractivity contribution is 6.36. The normalized spacial score (nSPS) is 10.2. The summed E-state index contributed by atoms with van der Waals surface area (Å²) in [4.78, 5) is 23.5. The van der Waals surface area contributed by atoms with Gasteiger partial charge < -0.3 is 10.1 Å². The molecule has 0 heterocycles. The van der Waals surface area contributed by atoms with Gasteiger partial charge in [0.2, 0.25) is 0 Å². The molecule has 0 unspecified atom stereocenters. The van der Waals surface area contributed by atoms with E-state index in [-0.39, 0.29) is 6.42 Å². The van der Waals surface area contributed by atoms with Crippen molar-refractivity contribution in [3.8, 4) is 0 Å². The molecule has 0 aliphatic rings. The lowest BCUT2D eigenvalue weighted by atomic mass is 10.1. The van der Waals surface area contributed by atoms with Crippen LogP contribution < -0.4 is 5.32 Å². The van der Waals surface area contributed by atoms with Crippen molar-refractivity contribution in [3.63, 3.8) is 0 Å². The number of carbonyl (C=O) groups excluding carboxylic acids is 2. The molecule has 4 nitrogen and oxygen atoms in total. The molecule has 0 atom stereocenters. The molecule has 2 aromatic carbocycles. The Morgan fingerprint density at radius 3 is 2.30 bits per heavy atom. The van der Waals surface area contributed by atoms with Crippen LogP contribution in [0.2, 0.25) is 15.1 Å². The van der Waals surface area contributed by atoms with Crippen molar-refractivity contribution in [3.05, 3.63) is 63.1 Å². The van der Waals surface area contributed by atoms with Crippen molar-refractivity contribution in [2.24, 2.45) is 0 Å². The number of rotatable bonds is 5. The maximum absolute atomic E-state index is 11.8. The van der Waals surface area contributed by atoms with E-state index in [9.17, 15) is 9.59 Å². The van der Waals surface area contributed by atoms with Crippen LogP contribution in [0.15, 0.2) is 42.5 Å². The zero-order chi connectivity index (χ0) is 16.8. The molecule has 0 aromatic heterocycles. The minimum absolute atomic E-state index is 0.108. The number of hydrogen-bond acceptors (Lipinski definition) is 3. The van der Waals surface area contributed by atoms with Gasteiger partial charge in [-0.15, -0.1) is 0 Å². The monoisotopic (exact) mass is 371 g/mol. The van der Waals surface area contributed by atoms with Crippen LogP contribution in [0.3, 0.4) is 0 Å². The molecule has 1 N–H and O–H groups in total. The lowest BCUT2D eigenvalue weighted by Gasteiger charge is -2.08. The maximum Gasteiger partial charge on any atom is 0.310 e. The molecule has 2 aromatic rings. The van der Waals surface area contributed by atoms with Crippen LogP contribution >= 0.6 is 34.8 Å². The molecule has 23 heavy (non-hydrogen) atoms. The third-order valence-corrected chi connectivity index (χ3v) is 3.80. The van der Waals surface area contributed by atoms with Gasteiger partial charge in [-0.1, -0.05) is 46.9 Å². The fraction of sp³-hybridized carbons (Fsp3) is 0.125. The molecular weight excluding hydrogens is 361 g/mol. The number of carbonyl (C=O) groups is 2. The fourth-order valence-corrected chi connectivity index (χ4v) is 2.53. The minimum atomic E-state index is -0.596. The first-order valence-corrected chi connectivity index (χ1v) is 7.73. The summed E-state index contributed by atoms with van der Waals surface area (Å²) in [6, 6.07) is 11.6. The van der Waals surface area contributed by atoms with E-state index >= 15 is 0 Å². The summed E-state index contributed by atoms with van der Waals surface area (Å²) in [5.74, 6) is -1.06. The average Bonchev–Trinajstić information content (AvgIpc) is 2.49. The molecule has 0 spiro atoms. The SMILES string of the molecule is O=C(COC(=O)Cc1c(Cl)cccc1Cl)Nc1cccc(Cl)c1. The Balaban J connectivity index is 1.85. The van der Waals surface area contributed by atoms with E-state index in [2.05, 4.69) is 5.32 Å². The fourth-order valence-electron chi connectivity index (χ4n) is 1.81. The molecular formula is C16H12Cl3NO3. The smallest absolute Gasteiger partial charge is 0.310 e. The van der Waals surface area contributed by atoms with Crippen molar-refractivity contribution in [1.82, 2.24) is 0 Å². The Labute approximate surface area is 148 Å². The zero-order valence-electron chi connectivity index (χ0n) is 11.8. The summed E-state index contributed by atoms with van der Waals surface area (Å²) in [7, 11) is 0. The van der Waals surface area contributed by atoms with Crippen LogP contribution in [0.5, 0.6) is 0 Å². The van der Waals surface area contributed by atoms with Gasteiger partial charge in [-0.2, -0.15) is 0 Å². The Morgan fingerprint density at radius 2 is 1.65 bits per heavy atom. The van der Waals surface area contributed by atoms with E-state index in [0.29, 0.717) is 26.3 Å². The molecule has 0 saturated carbocycles. The quantitative estimate of drug-likeness (QED) is 0.793. The summed E-state index contributed by atoms with van der Waals surface area (Å²) in [6.45, 7) is -0.409. The van der Waals surface area contributed by atoms with E-state index in [4.69, 9.17) is 39.5 Å². The first kappa shape index (κ1) is 17.6. The third kappa shape index (κ3) is 5.43. The number of ether oxygens (including phenoxy) is 1. The zero-order valence-corrected chi connectivity index (χ0v) is 14.1. The number of hydrogen-bond donors (Lipinski definition) is 1. The minimum Gasteiger partial charge on any atom is -0.455 e. The van der Waals surface area contributed by atoms with Crippen LogP contribution in [0, 0.1) is 0 Å². The number of nitrogens with one attached hydrogen (secondary N) is 1. The van der Waals surface area contributed by atoms with E-state index < -0.39 is 18.5 Å². The maximum atomic E-state index is 11.8. The second kappa shape index (κ2) is 8.20. The van der Waals surface area contributed by atoms with E-state index in [1.807, 2.05) is 0 Å². The summed E-state index contributed by atoms with van der Waals surface area (Å²) in [5, 5.41) is 3.81. The Bertz CT molecular complexity index is 714. The van der Waals surface area contributed by atoms with Gasteiger partial charge >= 0.3 is 5.97 Å². The molecule has 0 aliphatic heterocycles. The topological polar surface area (TPSA) is 55.4 Å². The van der Waals surface area contributed by atoms with Crippen molar-refractivity contribution >= 4 is 52.4 Å². The van der Waals surface area contributed by atoms with Gasteiger partial charge in [0.1, 0.15) is 0 Å². The second-order valence-electron chi connectivity index (χ2n) is 4.60. The van der Waals surface area contributed by atoms with Crippen molar-refractivity contribution in [2.75, 3.05) is 11.9 Å².